The molecular formula is C32H25Cl2NO7. The molecule has 0 fully saturated rings. The third-order valence-electron chi connectivity index (χ3n) is 7.13. The summed E-state index contributed by atoms with van der Waals surface area (Å²) in [6.07, 6.45) is 1.10. The molecule has 0 radical (unpaired) electrons. The van der Waals surface area contributed by atoms with Crippen molar-refractivity contribution < 1.29 is 34.1 Å². The van der Waals surface area contributed by atoms with E-state index in [9.17, 15) is 19.5 Å². The molecular weight excluding hydrogens is 581 g/mol. The highest BCUT2D eigenvalue weighted by Gasteiger charge is 2.45. The summed E-state index contributed by atoms with van der Waals surface area (Å²) in [4.78, 5) is 36.5. The molecule has 2 N–H and O–H groups in total. The van der Waals surface area contributed by atoms with Gasteiger partial charge in [0.25, 0.3) is 0 Å². The van der Waals surface area contributed by atoms with Crippen molar-refractivity contribution >= 4 is 52.8 Å². The first-order valence-corrected chi connectivity index (χ1v) is 13.6. The number of aliphatic carboxylic acids is 1. The molecule has 0 spiro atoms. The molecule has 1 atom stereocenters. The zero-order valence-corrected chi connectivity index (χ0v) is 24.1. The average Bonchev–Trinajstić information content (AvgIpc) is 2.97. The van der Waals surface area contributed by atoms with E-state index in [-0.39, 0.29) is 50.9 Å². The van der Waals surface area contributed by atoms with Crippen LogP contribution in [0.2, 0.25) is 10.0 Å². The number of hydrogen-bond acceptors (Lipinski definition) is 7. The molecule has 0 saturated heterocycles. The van der Waals surface area contributed by atoms with Gasteiger partial charge in [-0.05, 0) is 36.2 Å². The summed E-state index contributed by atoms with van der Waals surface area (Å²) in [5.41, 5.74) is 1.36. The van der Waals surface area contributed by atoms with Crippen LogP contribution in [-0.4, -0.2) is 35.5 Å². The van der Waals surface area contributed by atoms with E-state index in [0.29, 0.717) is 23.4 Å². The Bertz CT molecular complexity index is 1720. The topological polar surface area (TPSA) is 113 Å². The molecule has 0 bridgehead atoms. The summed E-state index contributed by atoms with van der Waals surface area (Å²) in [5.74, 6) is -0.973. The number of benzene rings is 4. The molecule has 1 aliphatic rings. The van der Waals surface area contributed by atoms with Crippen molar-refractivity contribution in [2.24, 2.45) is 0 Å². The van der Waals surface area contributed by atoms with Crippen molar-refractivity contribution in [3.8, 4) is 17.2 Å². The molecule has 1 aliphatic heterocycles. The van der Waals surface area contributed by atoms with Gasteiger partial charge in [-0.15, -0.1) is 0 Å². The number of anilines is 2. The van der Waals surface area contributed by atoms with Crippen LogP contribution in [0.1, 0.15) is 46.0 Å². The number of carbonyl (C=O) groups is 3. The number of carbonyl (C=O) groups excluding carboxylic acids is 2. The Labute approximate surface area is 251 Å². The van der Waals surface area contributed by atoms with Crippen molar-refractivity contribution in [1.82, 2.24) is 0 Å². The number of aldehydes is 1. The number of esters is 1. The number of halogens is 2. The van der Waals surface area contributed by atoms with Crippen LogP contribution in [0.15, 0.2) is 72.8 Å². The number of aryl methyl sites for hydroxylation is 1. The van der Waals surface area contributed by atoms with Crippen LogP contribution in [-0.2, 0) is 21.6 Å². The van der Waals surface area contributed by atoms with Gasteiger partial charge in [-0.2, -0.15) is 0 Å². The number of nitrogens with zero attached hydrogens (tertiary/aromatic N) is 1. The number of aliphatic hydroxyl groups is 1. The minimum absolute atomic E-state index is 0.0329. The fourth-order valence-electron chi connectivity index (χ4n) is 5.06. The second-order valence-electron chi connectivity index (χ2n) is 9.81. The molecule has 10 heteroatoms. The van der Waals surface area contributed by atoms with Crippen LogP contribution in [0.25, 0.3) is 0 Å². The second-order valence-corrected chi connectivity index (χ2v) is 10.6. The summed E-state index contributed by atoms with van der Waals surface area (Å²) in [7, 11) is 1.81. The highest BCUT2D eigenvalue weighted by molar-refractivity contribution is 6.33. The SMILES string of the molecule is CC(=O)Oc1cc2c(cc1Cl)C(O)(c1ccccc1C=O)c1cc(Cl)c(N(C)c3ccc(CCC(=O)O)cc3)cc1O2. The quantitative estimate of drug-likeness (QED) is 0.127. The van der Waals surface area contributed by atoms with Gasteiger partial charge in [0.05, 0.1) is 15.7 Å². The Morgan fingerprint density at radius 2 is 1.60 bits per heavy atom. The maximum atomic E-state index is 12.5. The van der Waals surface area contributed by atoms with Crippen molar-refractivity contribution in [3.05, 3.63) is 111 Å². The third kappa shape index (κ3) is 5.32. The van der Waals surface area contributed by atoms with Crippen LogP contribution < -0.4 is 14.4 Å². The van der Waals surface area contributed by atoms with E-state index in [1.54, 1.807) is 36.4 Å². The van der Waals surface area contributed by atoms with Crippen LogP contribution >= 0.6 is 23.2 Å². The number of rotatable bonds is 8. The minimum atomic E-state index is -1.91. The number of carboxylic acids is 1. The Hall–Kier alpha value is -4.37. The molecule has 42 heavy (non-hydrogen) atoms. The molecule has 4 aromatic carbocycles. The second kappa shape index (κ2) is 11.5. The third-order valence-corrected chi connectivity index (χ3v) is 7.72. The van der Waals surface area contributed by atoms with Gasteiger partial charge in [0.15, 0.2) is 5.75 Å². The van der Waals surface area contributed by atoms with Gasteiger partial charge in [-0.3, -0.25) is 14.4 Å². The van der Waals surface area contributed by atoms with Gasteiger partial charge >= 0.3 is 11.9 Å². The molecule has 0 aromatic heterocycles. The molecule has 1 unspecified atom stereocenters. The smallest absolute Gasteiger partial charge is 0.308 e. The maximum absolute atomic E-state index is 12.5. The van der Waals surface area contributed by atoms with Crippen LogP contribution in [0.5, 0.6) is 17.2 Å². The lowest BCUT2D eigenvalue weighted by atomic mass is 9.76. The molecule has 0 aliphatic carbocycles. The van der Waals surface area contributed by atoms with Gasteiger partial charge in [0, 0.05) is 60.5 Å². The normalized spacial score (nSPS) is 15.2. The maximum Gasteiger partial charge on any atom is 0.308 e. The first-order chi connectivity index (χ1) is 20.0. The average molecular weight is 606 g/mol. The first kappa shape index (κ1) is 29.1. The first-order valence-electron chi connectivity index (χ1n) is 12.9. The summed E-state index contributed by atoms with van der Waals surface area (Å²) in [6.45, 7) is 1.24. The molecule has 5 rings (SSSR count). The lowest BCUT2D eigenvalue weighted by Crippen LogP contribution is -2.34. The summed E-state index contributed by atoms with van der Waals surface area (Å²) in [6, 6.07) is 20.1. The Morgan fingerprint density at radius 3 is 2.24 bits per heavy atom. The van der Waals surface area contributed by atoms with Crippen LogP contribution in [0.3, 0.4) is 0 Å². The zero-order valence-electron chi connectivity index (χ0n) is 22.6. The van der Waals surface area contributed by atoms with E-state index in [4.69, 9.17) is 37.8 Å². The highest BCUT2D eigenvalue weighted by atomic mass is 35.5. The number of carboxylic acid groups (broad SMARTS) is 1. The molecule has 0 saturated carbocycles. The predicted octanol–water partition coefficient (Wildman–Crippen LogP) is 6.91. The predicted molar refractivity (Wildman–Crippen MR) is 159 cm³/mol. The number of fused-ring (bicyclic) bond motifs is 2. The van der Waals surface area contributed by atoms with E-state index in [1.165, 1.54) is 19.1 Å². The van der Waals surface area contributed by atoms with E-state index in [2.05, 4.69) is 0 Å². The van der Waals surface area contributed by atoms with Crippen LogP contribution in [0.4, 0.5) is 11.4 Å². The van der Waals surface area contributed by atoms with Crippen molar-refractivity contribution in [3.63, 3.8) is 0 Å². The standard InChI is InChI=1S/C32H25Cl2NO7/c1-18(37)41-30-16-29-24(14-26(30)34)32(40,22-6-4-3-5-20(22)17-36)23-13-25(33)27(15-28(23)42-29)35(2)21-10-7-19(8-11-21)9-12-31(38)39/h3-8,10-11,13-17,40H,9,12H2,1-2H3,(H,38,39). The Kier molecular flexibility index (Phi) is 7.97. The number of ether oxygens (including phenoxy) is 2. The Morgan fingerprint density at radius 1 is 0.952 bits per heavy atom. The summed E-state index contributed by atoms with van der Waals surface area (Å²) >= 11 is 13.3. The van der Waals surface area contributed by atoms with Gasteiger partial charge in [0.1, 0.15) is 23.4 Å². The molecule has 214 valence electrons. The van der Waals surface area contributed by atoms with Gasteiger partial charge in [-0.1, -0.05) is 59.6 Å². The molecule has 0 amide bonds. The van der Waals surface area contributed by atoms with Crippen LogP contribution in [0, 0.1) is 0 Å². The number of hydrogen-bond donors (Lipinski definition) is 2. The fourth-order valence-corrected chi connectivity index (χ4v) is 5.55. The van der Waals surface area contributed by atoms with E-state index in [0.717, 1.165) is 11.3 Å². The highest BCUT2D eigenvalue weighted by Crippen LogP contribution is 2.54. The fraction of sp³-hybridized carbons (Fsp3) is 0.156. The largest absolute Gasteiger partial charge is 0.481 e. The summed E-state index contributed by atoms with van der Waals surface area (Å²) < 4.78 is 11.5. The lowest BCUT2D eigenvalue weighted by Gasteiger charge is -2.38. The van der Waals surface area contributed by atoms with Gasteiger partial charge in [0.2, 0.25) is 0 Å². The van der Waals surface area contributed by atoms with Crippen molar-refractivity contribution in [2.75, 3.05) is 11.9 Å². The van der Waals surface area contributed by atoms with E-state index >= 15 is 0 Å². The minimum Gasteiger partial charge on any atom is -0.481 e. The monoisotopic (exact) mass is 605 g/mol. The Balaban J connectivity index is 1.65. The molecule has 4 aromatic rings. The van der Waals surface area contributed by atoms with Crippen molar-refractivity contribution in [2.45, 2.75) is 25.4 Å². The zero-order chi connectivity index (χ0) is 30.2. The summed E-state index contributed by atoms with van der Waals surface area (Å²) in [5, 5.41) is 21.8. The van der Waals surface area contributed by atoms with Gasteiger partial charge < -0.3 is 24.6 Å². The van der Waals surface area contributed by atoms with E-state index < -0.39 is 17.5 Å². The molecule has 1 heterocycles. The lowest BCUT2D eigenvalue weighted by molar-refractivity contribution is -0.137. The van der Waals surface area contributed by atoms with E-state index in [1.807, 2.05) is 36.2 Å². The van der Waals surface area contributed by atoms with Gasteiger partial charge in [-0.25, -0.2) is 0 Å². The van der Waals surface area contributed by atoms with Crippen molar-refractivity contribution in [1.29, 1.82) is 0 Å². The molecule has 8 nitrogen and oxygen atoms in total.